The first-order valence-corrected chi connectivity index (χ1v) is 9.42. The Kier molecular flexibility index (Phi) is 5.87. The van der Waals surface area contributed by atoms with Gasteiger partial charge in [0.2, 0.25) is 15.9 Å². The van der Waals surface area contributed by atoms with Crippen LogP contribution in [-0.4, -0.2) is 42.5 Å². The highest BCUT2D eigenvalue weighted by Crippen LogP contribution is 2.21. The molecule has 1 amide bonds. The quantitative estimate of drug-likeness (QED) is 0.821. The fourth-order valence-corrected chi connectivity index (χ4v) is 3.90. The van der Waals surface area contributed by atoms with E-state index in [1.54, 1.807) is 26.0 Å². The van der Waals surface area contributed by atoms with Gasteiger partial charge in [-0.1, -0.05) is 23.7 Å². The number of nitrogens with one attached hydrogen (secondary N) is 1. The molecular weight excluding hydrogens is 364 g/mol. The molecule has 0 aliphatic heterocycles. The number of nitrogens with zero attached hydrogens (tertiary/aromatic N) is 3. The zero-order valence-corrected chi connectivity index (χ0v) is 16.1. The minimum Gasteiger partial charge on any atom is -0.350 e. The summed E-state index contributed by atoms with van der Waals surface area (Å²) in [5, 5.41) is 7.57. The van der Waals surface area contributed by atoms with Crippen molar-refractivity contribution in [2.24, 2.45) is 0 Å². The van der Waals surface area contributed by atoms with Gasteiger partial charge < -0.3 is 5.32 Å². The zero-order chi connectivity index (χ0) is 18.8. The molecule has 0 radical (unpaired) electrons. The molecule has 0 fully saturated rings. The molecule has 1 N–H and O–H groups in total. The van der Waals surface area contributed by atoms with Crippen LogP contribution in [-0.2, 0) is 27.9 Å². The SMILES string of the molecule is Cc1nn(CC(=O)NCc2cccc(Cl)c2)c(C)c1S(=O)(=O)N(C)C. The minimum atomic E-state index is -3.61. The van der Waals surface area contributed by atoms with E-state index < -0.39 is 10.0 Å². The highest BCUT2D eigenvalue weighted by molar-refractivity contribution is 7.89. The van der Waals surface area contributed by atoms with Gasteiger partial charge in [0, 0.05) is 25.7 Å². The number of rotatable bonds is 6. The molecule has 2 rings (SSSR count). The predicted molar refractivity (Wildman–Crippen MR) is 95.9 cm³/mol. The van der Waals surface area contributed by atoms with E-state index in [1.165, 1.54) is 18.8 Å². The molecule has 9 heteroatoms. The lowest BCUT2D eigenvalue weighted by molar-refractivity contribution is -0.122. The fourth-order valence-electron chi connectivity index (χ4n) is 2.43. The Morgan fingerprint density at radius 2 is 2.00 bits per heavy atom. The molecule has 1 aromatic heterocycles. The summed E-state index contributed by atoms with van der Waals surface area (Å²) in [5.74, 6) is -0.264. The summed E-state index contributed by atoms with van der Waals surface area (Å²) in [5.41, 5.74) is 1.68. The van der Waals surface area contributed by atoms with Crippen LogP contribution < -0.4 is 5.32 Å². The smallest absolute Gasteiger partial charge is 0.246 e. The highest BCUT2D eigenvalue weighted by Gasteiger charge is 2.27. The monoisotopic (exact) mass is 384 g/mol. The Hall–Kier alpha value is -1.90. The Morgan fingerprint density at radius 3 is 2.60 bits per heavy atom. The second-order valence-corrected chi connectivity index (χ2v) is 8.38. The number of benzene rings is 1. The molecule has 25 heavy (non-hydrogen) atoms. The van der Waals surface area contributed by atoms with Gasteiger partial charge in [-0.2, -0.15) is 5.10 Å². The fraction of sp³-hybridized carbons (Fsp3) is 0.375. The van der Waals surface area contributed by atoms with Gasteiger partial charge >= 0.3 is 0 Å². The van der Waals surface area contributed by atoms with Gasteiger partial charge in [0.05, 0.1) is 11.4 Å². The summed E-state index contributed by atoms with van der Waals surface area (Å²) in [6.07, 6.45) is 0. The maximum atomic E-state index is 12.4. The van der Waals surface area contributed by atoms with Crippen LogP contribution in [0.3, 0.4) is 0 Å². The van der Waals surface area contributed by atoms with Crippen molar-refractivity contribution < 1.29 is 13.2 Å². The Balaban J connectivity index is 2.12. The largest absolute Gasteiger partial charge is 0.350 e. The third kappa shape index (κ3) is 4.39. The van der Waals surface area contributed by atoms with Crippen LogP contribution in [0.4, 0.5) is 0 Å². The van der Waals surface area contributed by atoms with Crippen LogP contribution in [0.5, 0.6) is 0 Å². The van der Waals surface area contributed by atoms with Crippen LogP contribution in [0.1, 0.15) is 17.0 Å². The summed E-state index contributed by atoms with van der Waals surface area (Å²) in [7, 11) is -0.686. The van der Waals surface area contributed by atoms with E-state index in [4.69, 9.17) is 11.6 Å². The van der Waals surface area contributed by atoms with Crippen molar-refractivity contribution in [3.8, 4) is 0 Å². The van der Waals surface area contributed by atoms with Crippen molar-refractivity contribution in [2.45, 2.75) is 31.8 Å². The molecule has 1 aromatic carbocycles. The maximum Gasteiger partial charge on any atom is 0.246 e. The van der Waals surface area contributed by atoms with Crippen LogP contribution in [0.2, 0.25) is 5.02 Å². The summed E-state index contributed by atoms with van der Waals surface area (Å²) in [6.45, 7) is 3.53. The molecule has 0 atom stereocenters. The lowest BCUT2D eigenvalue weighted by Crippen LogP contribution is -2.28. The van der Waals surface area contributed by atoms with E-state index in [2.05, 4.69) is 10.4 Å². The maximum absolute atomic E-state index is 12.4. The van der Waals surface area contributed by atoms with E-state index in [0.717, 1.165) is 9.87 Å². The average Bonchev–Trinajstić information content (AvgIpc) is 2.79. The Bertz CT molecular complexity index is 891. The van der Waals surface area contributed by atoms with Crippen molar-refractivity contribution in [3.05, 3.63) is 46.2 Å². The molecule has 2 aromatic rings. The molecule has 136 valence electrons. The minimum absolute atomic E-state index is 0.0593. The van der Waals surface area contributed by atoms with Crippen molar-refractivity contribution in [1.82, 2.24) is 19.4 Å². The highest BCUT2D eigenvalue weighted by atomic mass is 35.5. The second kappa shape index (κ2) is 7.55. The van der Waals surface area contributed by atoms with E-state index >= 15 is 0 Å². The van der Waals surface area contributed by atoms with E-state index in [9.17, 15) is 13.2 Å². The second-order valence-electron chi connectivity index (χ2n) is 5.85. The standard InChI is InChI=1S/C16H21ClN4O3S/c1-11-16(25(23,24)20(3)4)12(2)21(19-11)10-15(22)18-9-13-6-5-7-14(17)8-13/h5-8H,9-10H2,1-4H3,(H,18,22). The average molecular weight is 385 g/mol. The number of aromatic nitrogens is 2. The number of hydrogen-bond acceptors (Lipinski definition) is 4. The van der Waals surface area contributed by atoms with Gasteiger partial charge in [-0.25, -0.2) is 12.7 Å². The Morgan fingerprint density at radius 1 is 1.32 bits per heavy atom. The van der Waals surface area contributed by atoms with Crippen molar-refractivity contribution >= 4 is 27.5 Å². The molecule has 0 aliphatic carbocycles. The van der Waals surface area contributed by atoms with Crippen LogP contribution in [0.15, 0.2) is 29.2 Å². The van der Waals surface area contributed by atoms with E-state index in [-0.39, 0.29) is 17.3 Å². The molecule has 0 spiro atoms. The molecule has 0 saturated heterocycles. The number of carbonyl (C=O) groups excluding carboxylic acids is 1. The molecular formula is C16H21ClN4O3S. The number of amides is 1. The third-order valence-corrected chi connectivity index (χ3v) is 6.03. The Labute approximate surface area is 152 Å². The number of carbonyl (C=O) groups is 1. The lowest BCUT2D eigenvalue weighted by Gasteiger charge is -2.12. The summed E-state index contributed by atoms with van der Waals surface area (Å²) in [6, 6.07) is 7.20. The first-order chi connectivity index (χ1) is 11.6. The lowest BCUT2D eigenvalue weighted by atomic mass is 10.2. The van der Waals surface area contributed by atoms with E-state index in [0.29, 0.717) is 23.0 Å². The first kappa shape index (κ1) is 19.4. The van der Waals surface area contributed by atoms with Gasteiger partial charge in [-0.3, -0.25) is 9.48 Å². The molecule has 7 nitrogen and oxygen atoms in total. The zero-order valence-electron chi connectivity index (χ0n) is 14.6. The number of sulfonamides is 1. The number of hydrogen-bond donors (Lipinski definition) is 1. The first-order valence-electron chi connectivity index (χ1n) is 7.60. The normalized spacial score (nSPS) is 11.8. The predicted octanol–water partition coefficient (Wildman–Crippen LogP) is 1.72. The summed E-state index contributed by atoms with van der Waals surface area (Å²) >= 11 is 5.91. The van der Waals surface area contributed by atoms with Crippen LogP contribution >= 0.6 is 11.6 Å². The van der Waals surface area contributed by atoms with Gasteiger partial charge in [-0.15, -0.1) is 0 Å². The topological polar surface area (TPSA) is 84.3 Å². The van der Waals surface area contributed by atoms with Gasteiger partial charge in [0.25, 0.3) is 0 Å². The number of aryl methyl sites for hydroxylation is 1. The van der Waals surface area contributed by atoms with Gasteiger partial charge in [0.15, 0.2) is 0 Å². The molecule has 0 saturated carbocycles. The van der Waals surface area contributed by atoms with E-state index in [1.807, 2.05) is 12.1 Å². The number of halogens is 1. The van der Waals surface area contributed by atoms with Gasteiger partial charge in [-0.05, 0) is 31.5 Å². The van der Waals surface area contributed by atoms with Gasteiger partial charge in [0.1, 0.15) is 11.4 Å². The van der Waals surface area contributed by atoms with Crippen LogP contribution in [0, 0.1) is 13.8 Å². The molecule has 0 aliphatic rings. The van der Waals surface area contributed by atoms with Crippen molar-refractivity contribution in [1.29, 1.82) is 0 Å². The third-order valence-electron chi connectivity index (χ3n) is 3.73. The molecule has 0 unspecified atom stereocenters. The molecule has 0 bridgehead atoms. The summed E-state index contributed by atoms with van der Waals surface area (Å²) in [4.78, 5) is 12.3. The summed E-state index contributed by atoms with van der Waals surface area (Å²) < 4.78 is 27.3. The van der Waals surface area contributed by atoms with Crippen LogP contribution in [0.25, 0.3) is 0 Å². The molecule has 1 heterocycles. The van der Waals surface area contributed by atoms with Crippen molar-refractivity contribution in [2.75, 3.05) is 14.1 Å². The van der Waals surface area contributed by atoms with Crippen molar-refractivity contribution in [3.63, 3.8) is 0 Å².